The molecule has 0 aliphatic carbocycles. The number of nitrogens with one attached hydrogen (secondary N) is 3. The molecule has 138 valence electrons. The number of hydrogen-bond acceptors (Lipinski definition) is 3. The summed E-state index contributed by atoms with van der Waals surface area (Å²) >= 11 is 0. The van der Waals surface area contributed by atoms with E-state index in [1.54, 1.807) is 13.2 Å². The number of aliphatic imine (C=N–C) groups is 1. The molecule has 0 radical (unpaired) electrons. The lowest BCUT2D eigenvalue weighted by atomic mass is 10.1. The lowest BCUT2D eigenvalue weighted by Crippen LogP contribution is -2.40. The third-order valence-corrected chi connectivity index (χ3v) is 4.59. The van der Waals surface area contributed by atoms with Gasteiger partial charge in [0, 0.05) is 45.2 Å². The molecule has 3 rings (SSSR count). The molecule has 1 unspecified atom stereocenters. The average Bonchev–Trinajstić information content (AvgIpc) is 3.31. The summed E-state index contributed by atoms with van der Waals surface area (Å²) in [6.45, 7) is 2.95. The summed E-state index contributed by atoms with van der Waals surface area (Å²) in [5.74, 6) is 1.28. The molecule has 0 saturated carbocycles. The maximum absolute atomic E-state index is 12.2. The Morgan fingerprint density at radius 3 is 2.88 bits per heavy atom. The highest BCUT2D eigenvalue weighted by Crippen LogP contribution is 2.17. The van der Waals surface area contributed by atoms with Crippen LogP contribution in [0.25, 0.3) is 0 Å². The maximum atomic E-state index is 12.2. The Hall–Kier alpha value is -2.83. The Bertz CT molecular complexity index is 713. The van der Waals surface area contributed by atoms with E-state index in [4.69, 9.17) is 0 Å². The molecule has 1 amide bonds. The molecule has 26 heavy (non-hydrogen) atoms. The van der Waals surface area contributed by atoms with Crippen molar-refractivity contribution in [3.63, 3.8) is 0 Å². The van der Waals surface area contributed by atoms with Crippen molar-refractivity contribution < 1.29 is 4.79 Å². The van der Waals surface area contributed by atoms with Crippen molar-refractivity contribution in [3.8, 4) is 0 Å². The SMILES string of the molecule is CN=C(NCc1ccn[nH]1)NCC1CC(=O)N(CCc2ccccc2)C1. The van der Waals surface area contributed by atoms with E-state index in [1.165, 1.54) is 5.56 Å². The number of hydrogen-bond donors (Lipinski definition) is 3. The van der Waals surface area contributed by atoms with Crippen LogP contribution in [0, 0.1) is 5.92 Å². The minimum absolute atomic E-state index is 0.244. The highest BCUT2D eigenvalue weighted by atomic mass is 16.2. The van der Waals surface area contributed by atoms with E-state index in [0.29, 0.717) is 18.9 Å². The Morgan fingerprint density at radius 2 is 2.15 bits per heavy atom. The summed E-state index contributed by atoms with van der Waals surface area (Å²) in [5, 5.41) is 13.4. The summed E-state index contributed by atoms with van der Waals surface area (Å²) in [7, 11) is 1.74. The third-order valence-electron chi connectivity index (χ3n) is 4.59. The van der Waals surface area contributed by atoms with Crippen LogP contribution in [-0.4, -0.2) is 53.6 Å². The lowest BCUT2D eigenvalue weighted by molar-refractivity contribution is -0.127. The van der Waals surface area contributed by atoms with Crippen LogP contribution in [0.2, 0.25) is 0 Å². The number of aromatic amines is 1. The monoisotopic (exact) mass is 354 g/mol. The Balaban J connectivity index is 1.40. The molecule has 0 bridgehead atoms. The summed E-state index contributed by atoms with van der Waals surface area (Å²) in [6.07, 6.45) is 3.22. The molecule has 0 spiro atoms. The van der Waals surface area contributed by atoms with Gasteiger partial charge in [-0.2, -0.15) is 5.10 Å². The van der Waals surface area contributed by atoms with Gasteiger partial charge in [-0.05, 0) is 18.1 Å². The molecule has 1 aromatic heterocycles. The summed E-state index contributed by atoms with van der Waals surface area (Å²) < 4.78 is 0. The molecule has 1 aromatic carbocycles. The van der Waals surface area contributed by atoms with Gasteiger partial charge in [0.05, 0.1) is 12.2 Å². The van der Waals surface area contributed by atoms with Crippen LogP contribution in [0.1, 0.15) is 17.7 Å². The number of carbonyl (C=O) groups excluding carboxylic acids is 1. The molecule has 1 aliphatic rings. The normalized spacial score (nSPS) is 17.6. The largest absolute Gasteiger partial charge is 0.356 e. The lowest BCUT2D eigenvalue weighted by Gasteiger charge is -2.17. The van der Waals surface area contributed by atoms with Crippen LogP contribution >= 0.6 is 0 Å². The second kappa shape index (κ2) is 9.03. The number of nitrogens with zero attached hydrogens (tertiary/aromatic N) is 3. The highest BCUT2D eigenvalue weighted by Gasteiger charge is 2.29. The minimum Gasteiger partial charge on any atom is -0.356 e. The van der Waals surface area contributed by atoms with Gasteiger partial charge in [0.25, 0.3) is 0 Å². The van der Waals surface area contributed by atoms with Gasteiger partial charge in [0.1, 0.15) is 0 Å². The molecular formula is C19H26N6O. The van der Waals surface area contributed by atoms with Crippen LogP contribution in [0.3, 0.4) is 0 Å². The molecule has 7 heteroatoms. The maximum Gasteiger partial charge on any atom is 0.223 e. The molecular weight excluding hydrogens is 328 g/mol. The summed E-state index contributed by atoms with van der Waals surface area (Å²) in [5.41, 5.74) is 2.27. The van der Waals surface area contributed by atoms with Crippen LogP contribution in [-0.2, 0) is 17.8 Å². The van der Waals surface area contributed by atoms with E-state index in [0.717, 1.165) is 37.7 Å². The van der Waals surface area contributed by atoms with E-state index >= 15 is 0 Å². The topological polar surface area (TPSA) is 85.4 Å². The van der Waals surface area contributed by atoms with Crippen molar-refractivity contribution in [2.24, 2.45) is 10.9 Å². The number of carbonyl (C=O) groups is 1. The van der Waals surface area contributed by atoms with Crippen molar-refractivity contribution >= 4 is 11.9 Å². The molecule has 2 heterocycles. The van der Waals surface area contributed by atoms with E-state index < -0.39 is 0 Å². The number of aromatic nitrogens is 2. The third kappa shape index (κ3) is 5.08. The first-order valence-electron chi connectivity index (χ1n) is 8.99. The fourth-order valence-corrected chi connectivity index (χ4v) is 3.14. The molecule has 3 N–H and O–H groups in total. The van der Waals surface area contributed by atoms with Gasteiger partial charge in [0.2, 0.25) is 5.91 Å². The molecule has 1 aliphatic heterocycles. The minimum atomic E-state index is 0.244. The number of H-pyrrole nitrogens is 1. The zero-order valence-corrected chi connectivity index (χ0v) is 15.1. The van der Waals surface area contributed by atoms with E-state index in [-0.39, 0.29) is 5.91 Å². The van der Waals surface area contributed by atoms with E-state index in [2.05, 4.69) is 38.0 Å². The van der Waals surface area contributed by atoms with Crippen molar-refractivity contribution in [3.05, 3.63) is 53.9 Å². The van der Waals surface area contributed by atoms with Crippen LogP contribution < -0.4 is 10.6 Å². The Labute approximate surface area is 153 Å². The first-order valence-corrected chi connectivity index (χ1v) is 8.99. The molecule has 1 saturated heterocycles. The van der Waals surface area contributed by atoms with Gasteiger partial charge >= 0.3 is 0 Å². The highest BCUT2D eigenvalue weighted by molar-refractivity contribution is 5.80. The molecule has 1 atom stereocenters. The van der Waals surface area contributed by atoms with E-state index in [9.17, 15) is 4.79 Å². The van der Waals surface area contributed by atoms with Gasteiger partial charge in [-0.25, -0.2) is 0 Å². The van der Waals surface area contributed by atoms with Gasteiger partial charge in [-0.15, -0.1) is 0 Å². The number of rotatable bonds is 7. The van der Waals surface area contributed by atoms with Crippen molar-refractivity contribution in [2.45, 2.75) is 19.4 Å². The van der Waals surface area contributed by atoms with Crippen LogP contribution in [0.4, 0.5) is 0 Å². The standard InChI is InChI=1S/C19H26N6O/c1-20-19(22-13-17-7-9-23-24-17)21-12-16-11-18(26)25(14-16)10-8-15-5-3-2-4-6-15/h2-7,9,16H,8,10-14H2,1H3,(H,23,24)(H2,20,21,22). The average molecular weight is 354 g/mol. The van der Waals surface area contributed by atoms with Gasteiger partial charge in [-0.1, -0.05) is 30.3 Å². The van der Waals surface area contributed by atoms with Crippen molar-refractivity contribution in [1.29, 1.82) is 0 Å². The van der Waals surface area contributed by atoms with Gasteiger partial charge in [0.15, 0.2) is 5.96 Å². The quantitative estimate of drug-likeness (QED) is 0.515. The Kier molecular flexibility index (Phi) is 6.24. The predicted molar refractivity (Wildman–Crippen MR) is 102 cm³/mol. The van der Waals surface area contributed by atoms with Crippen molar-refractivity contribution in [1.82, 2.24) is 25.7 Å². The first-order chi connectivity index (χ1) is 12.7. The number of benzene rings is 1. The van der Waals surface area contributed by atoms with Crippen LogP contribution in [0.15, 0.2) is 47.6 Å². The smallest absolute Gasteiger partial charge is 0.223 e. The second-order valence-corrected chi connectivity index (χ2v) is 6.53. The number of likely N-dealkylation sites (tertiary alicyclic amines) is 1. The second-order valence-electron chi connectivity index (χ2n) is 6.53. The van der Waals surface area contributed by atoms with Crippen LogP contribution in [0.5, 0.6) is 0 Å². The summed E-state index contributed by atoms with van der Waals surface area (Å²) in [4.78, 5) is 18.4. The zero-order valence-electron chi connectivity index (χ0n) is 15.1. The fraction of sp³-hybridized carbons (Fsp3) is 0.421. The Morgan fingerprint density at radius 1 is 1.31 bits per heavy atom. The number of guanidine groups is 1. The van der Waals surface area contributed by atoms with Gasteiger partial charge in [-0.3, -0.25) is 14.9 Å². The molecule has 1 fully saturated rings. The molecule has 2 aromatic rings. The summed E-state index contributed by atoms with van der Waals surface area (Å²) in [6, 6.07) is 12.2. The predicted octanol–water partition coefficient (Wildman–Crippen LogP) is 1.17. The first kappa shape index (κ1) is 18.0. The van der Waals surface area contributed by atoms with E-state index in [1.807, 2.05) is 29.2 Å². The molecule has 7 nitrogen and oxygen atoms in total. The number of amides is 1. The zero-order chi connectivity index (χ0) is 18.2. The van der Waals surface area contributed by atoms with Crippen molar-refractivity contribution in [2.75, 3.05) is 26.7 Å². The van der Waals surface area contributed by atoms with Gasteiger partial charge < -0.3 is 15.5 Å². The fourth-order valence-electron chi connectivity index (χ4n) is 3.14.